The highest BCUT2D eigenvalue weighted by atomic mass is 32.2. The maximum atomic E-state index is 13.3. The molecule has 2 aromatic heterocycles. The molecular weight excluding hydrogens is 516 g/mol. The van der Waals surface area contributed by atoms with Crippen molar-refractivity contribution in [2.75, 3.05) is 38.8 Å². The SMILES string of the molecule is COCCn1c(=O)nc(-c2ccc(NS(C)(=O)=O)cc2)c2oc3ccc(-c4ccc(CN(C)C)cc4)cc3c21. The Kier molecular flexibility index (Phi) is 7.26. The molecule has 0 aliphatic heterocycles. The molecule has 0 saturated carbocycles. The first-order valence-corrected chi connectivity index (χ1v) is 14.3. The number of hydrogen-bond donors (Lipinski definition) is 1. The number of anilines is 1. The molecule has 39 heavy (non-hydrogen) atoms. The van der Waals surface area contributed by atoms with Crippen molar-refractivity contribution in [2.24, 2.45) is 0 Å². The van der Waals surface area contributed by atoms with Crippen LogP contribution in [0.3, 0.4) is 0 Å². The van der Waals surface area contributed by atoms with Crippen LogP contribution in [-0.2, 0) is 27.8 Å². The fraction of sp³-hybridized carbons (Fsp3) is 0.241. The van der Waals surface area contributed by atoms with Crippen molar-refractivity contribution >= 4 is 37.8 Å². The Bertz CT molecular complexity index is 1810. The summed E-state index contributed by atoms with van der Waals surface area (Å²) in [6, 6.07) is 21.0. The number of methoxy groups -OCH3 is 1. The maximum Gasteiger partial charge on any atom is 0.348 e. The number of aromatic nitrogens is 2. The second kappa shape index (κ2) is 10.6. The van der Waals surface area contributed by atoms with E-state index in [1.165, 1.54) is 5.56 Å². The highest BCUT2D eigenvalue weighted by Gasteiger charge is 2.20. The van der Waals surface area contributed by atoms with Crippen molar-refractivity contribution in [1.29, 1.82) is 0 Å². The summed E-state index contributed by atoms with van der Waals surface area (Å²) in [5.74, 6) is 0. The lowest BCUT2D eigenvalue weighted by Crippen LogP contribution is -2.25. The van der Waals surface area contributed by atoms with Crippen LogP contribution < -0.4 is 10.4 Å². The molecule has 0 radical (unpaired) electrons. The van der Waals surface area contributed by atoms with Crippen molar-refractivity contribution in [3.8, 4) is 22.4 Å². The summed E-state index contributed by atoms with van der Waals surface area (Å²) in [5, 5.41) is 0.798. The number of nitrogens with zero attached hydrogens (tertiary/aromatic N) is 3. The average Bonchev–Trinajstić information content (AvgIpc) is 3.26. The van der Waals surface area contributed by atoms with Gasteiger partial charge in [-0.15, -0.1) is 0 Å². The Labute approximate surface area is 226 Å². The molecule has 0 spiro atoms. The topological polar surface area (TPSA) is 107 Å². The van der Waals surface area contributed by atoms with Crippen molar-refractivity contribution in [3.05, 3.63) is 82.8 Å². The number of sulfonamides is 1. The molecule has 202 valence electrons. The molecule has 0 aliphatic rings. The quantitative estimate of drug-likeness (QED) is 0.289. The van der Waals surface area contributed by atoms with Gasteiger partial charge in [0.1, 0.15) is 16.8 Å². The van der Waals surface area contributed by atoms with Crippen molar-refractivity contribution < 1.29 is 17.6 Å². The first-order valence-electron chi connectivity index (χ1n) is 12.4. The summed E-state index contributed by atoms with van der Waals surface area (Å²) >= 11 is 0. The molecule has 0 fully saturated rings. The highest BCUT2D eigenvalue weighted by molar-refractivity contribution is 7.92. The van der Waals surface area contributed by atoms with E-state index in [1.54, 1.807) is 35.9 Å². The van der Waals surface area contributed by atoms with Gasteiger partial charge in [0.15, 0.2) is 5.58 Å². The van der Waals surface area contributed by atoms with E-state index in [4.69, 9.17) is 9.15 Å². The summed E-state index contributed by atoms with van der Waals surface area (Å²) in [6.07, 6.45) is 1.09. The van der Waals surface area contributed by atoms with Crippen LogP contribution >= 0.6 is 0 Å². The van der Waals surface area contributed by atoms with Crippen LogP contribution in [0.5, 0.6) is 0 Å². The lowest BCUT2D eigenvalue weighted by Gasteiger charge is -2.11. The summed E-state index contributed by atoms with van der Waals surface area (Å²) in [6.45, 7) is 1.51. The molecule has 1 N–H and O–H groups in total. The fourth-order valence-electron chi connectivity index (χ4n) is 4.66. The molecule has 10 heteroatoms. The Morgan fingerprint density at radius 3 is 2.28 bits per heavy atom. The Balaban J connectivity index is 1.66. The maximum absolute atomic E-state index is 13.3. The van der Waals surface area contributed by atoms with Crippen LogP contribution in [0.4, 0.5) is 5.69 Å². The standard InChI is InChI=1S/C29H30N4O5S/c1-32(2)18-19-5-7-20(8-6-19)22-11-14-25-24(17-22)27-28(38-25)26(30-29(34)33(27)15-16-37-3)21-9-12-23(13-10-21)31-39(4,35)36/h5-14,17,31H,15-16,18H2,1-4H3. The van der Waals surface area contributed by atoms with Gasteiger partial charge in [-0.1, -0.05) is 42.5 Å². The first-order chi connectivity index (χ1) is 18.6. The van der Waals surface area contributed by atoms with Crippen LogP contribution in [0.15, 0.2) is 75.9 Å². The van der Waals surface area contributed by atoms with E-state index in [0.717, 1.165) is 29.3 Å². The summed E-state index contributed by atoms with van der Waals surface area (Å²) < 4.78 is 38.8. The molecule has 0 saturated heterocycles. The predicted molar refractivity (Wildman–Crippen MR) is 154 cm³/mol. The molecule has 0 amide bonds. The number of fused-ring (bicyclic) bond motifs is 3. The lowest BCUT2D eigenvalue weighted by atomic mass is 10.0. The van der Waals surface area contributed by atoms with E-state index in [9.17, 15) is 13.2 Å². The van der Waals surface area contributed by atoms with Gasteiger partial charge in [0.05, 0.1) is 19.4 Å². The van der Waals surface area contributed by atoms with E-state index < -0.39 is 15.7 Å². The van der Waals surface area contributed by atoms with Gasteiger partial charge in [-0.2, -0.15) is 4.98 Å². The largest absolute Gasteiger partial charge is 0.452 e. The molecule has 0 aliphatic carbocycles. The number of rotatable bonds is 9. The fourth-order valence-corrected chi connectivity index (χ4v) is 5.22. The molecule has 5 rings (SSSR count). The molecule has 5 aromatic rings. The normalized spacial score (nSPS) is 12.0. The molecule has 9 nitrogen and oxygen atoms in total. The van der Waals surface area contributed by atoms with Crippen molar-refractivity contribution in [3.63, 3.8) is 0 Å². The zero-order valence-electron chi connectivity index (χ0n) is 22.3. The van der Waals surface area contributed by atoms with Gasteiger partial charge in [-0.05, 0) is 55.1 Å². The third kappa shape index (κ3) is 5.73. The number of furan rings is 1. The van der Waals surface area contributed by atoms with Crippen LogP contribution in [0.25, 0.3) is 44.5 Å². The second-order valence-electron chi connectivity index (χ2n) is 9.76. The van der Waals surface area contributed by atoms with E-state index in [-0.39, 0.29) is 0 Å². The smallest absolute Gasteiger partial charge is 0.348 e. The zero-order chi connectivity index (χ0) is 27.7. The number of benzene rings is 3. The van der Waals surface area contributed by atoms with Crippen molar-refractivity contribution in [2.45, 2.75) is 13.1 Å². The zero-order valence-corrected chi connectivity index (χ0v) is 23.1. The Morgan fingerprint density at radius 1 is 0.974 bits per heavy atom. The van der Waals surface area contributed by atoms with Gasteiger partial charge in [-0.3, -0.25) is 9.29 Å². The molecule has 3 aromatic carbocycles. The van der Waals surface area contributed by atoms with E-state index in [0.29, 0.717) is 46.8 Å². The molecule has 0 atom stereocenters. The monoisotopic (exact) mass is 546 g/mol. The summed E-state index contributed by atoms with van der Waals surface area (Å²) in [4.78, 5) is 19.7. The van der Waals surface area contributed by atoms with Gasteiger partial charge in [0, 0.05) is 30.3 Å². The Morgan fingerprint density at radius 2 is 1.64 bits per heavy atom. The minimum absolute atomic E-state index is 0.314. The first kappa shape index (κ1) is 26.6. The van der Waals surface area contributed by atoms with Gasteiger partial charge < -0.3 is 14.1 Å². The Hall–Kier alpha value is -3.99. The third-order valence-corrected chi connectivity index (χ3v) is 6.96. The molecule has 2 heterocycles. The van der Waals surface area contributed by atoms with Gasteiger partial charge in [0.25, 0.3) is 0 Å². The lowest BCUT2D eigenvalue weighted by molar-refractivity contribution is 0.187. The average molecular weight is 547 g/mol. The van der Waals surface area contributed by atoms with Crippen LogP contribution in [0.1, 0.15) is 5.56 Å². The summed E-state index contributed by atoms with van der Waals surface area (Å²) in [7, 11) is 2.25. The van der Waals surface area contributed by atoms with Gasteiger partial charge in [0.2, 0.25) is 10.0 Å². The van der Waals surface area contributed by atoms with Crippen LogP contribution in [-0.4, -0.2) is 56.9 Å². The van der Waals surface area contributed by atoms with E-state index >= 15 is 0 Å². The van der Waals surface area contributed by atoms with Gasteiger partial charge in [-0.25, -0.2) is 13.2 Å². The number of nitrogens with one attached hydrogen (secondary N) is 1. The summed E-state index contributed by atoms with van der Waals surface area (Å²) in [5.41, 5.74) is 6.04. The second-order valence-corrected chi connectivity index (χ2v) is 11.5. The molecule has 0 unspecified atom stereocenters. The predicted octanol–water partition coefficient (Wildman–Crippen LogP) is 4.56. The van der Waals surface area contributed by atoms with Crippen LogP contribution in [0, 0.1) is 0 Å². The number of hydrogen-bond acceptors (Lipinski definition) is 7. The highest BCUT2D eigenvalue weighted by Crippen LogP contribution is 2.36. The van der Waals surface area contributed by atoms with Crippen molar-refractivity contribution in [1.82, 2.24) is 14.5 Å². The minimum Gasteiger partial charge on any atom is -0.452 e. The van der Waals surface area contributed by atoms with E-state index in [2.05, 4.69) is 38.9 Å². The molecular formula is C29H30N4O5S. The number of ether oxygens (including phenoxy) is 1. The third-order valence-electron chi connectivity index (χ3n) is 6.35. The van der Waals surface area contributed by atoms with E-state index in [1.807, 2.05) is 32.3 Å². The minimum atomic E-state index is -3.41. The van der Waals surface area contributed by atoms with Gasteiger partial charge >= 0.3 is 5.69 Å². The van der Waals surface area contributed by atoms with Crippen LogP contribution in [0.2, 0.25) is 0 Å². The molecule has 0 bridgehead atoms.